The first kappa shape index (κ1) is 24.6. The second kappa shape index (κ2) is 9.35. The van der Waals surface area contributed by atoms with Crippen molar-refractivity contribution in [1.82, 2.24) is 0 Å². The fraction of sp³-hybridized carbons (Fsp3) is 0. The molecule has 0 atom stereocenters. The van der Waals surface area contributed by atoms with Gasteiger partial charge in [-0.15, -0.1) is 0 Å². The van der Waals surface area contributed by atoms with Crippen LogP contribution in [0.5, 0.6) is 23.0 Å². The summed E-state index contributed by atoms with van der Waals surface area (Å²) in [6.07, 6.45) is 0. The summed E-state index contributed by atoms with van der Waals surface area (Å²) in [6, 6.07) is 54.4. The van der Waals surface area contributed by atoms with Crippen molar-refractivity contribution in [3.05, 3.63) is 152 Å². The van der Waals surface area contributed by atoms with Crippen molar-refractivity contribution in [3.63, 3.8) is 0 Å². The zero-order valence-electron chi connectivity index (χ0n) is 24.3. The van der Waals surface area contributed by atoms with Gasteiger partial charge in [0.1, 0.15) is 23.0 Å². The van der Waals surface area contributed by atoms with E-state index in [0.717, 1.165) is 39.6 Å². The van der Waals surface area contributed by atoms with Crippen molar-refractivity contribution < 1.29 is 9.47 Å². The maximum absolute atomic E-state index is 6.52. The van der Waals surface area contributed by atoms with Crippen LogP contribution in [0.4, 0.5) is 0 Å². The molecule has 2 nitrogen and oxygen atoms in total. The van der Waals surface area contributed by atoms with Crippen LogP contribution in [-0.4, -0.2) is 6.71 Å². The van der Waals surface area contributed by atoms with Crippen LogP contribution >= 0.6 is 0 Å². The first-order chi connectivity index (χ1) is 22.3. The summed E-state index contributed by atoms with van der Waals surface area (Å²) in [5.74, 6) is 3.55. The van der Waals surface area contributed by atoms with Gasteiger partial charge in [0.2, 0.25) is 0 Å². The van der Waals surface area contributed by atoms with Gasteiger partial charge in [0.05, 0.1) is 0 Å². The Morgan fingerprint density at radius 2 is 0.978 bits per heavy atom. The minimum absolute atomic E-state index is 0.0850. The van der Waals surface area contributed by atoms with E-state index in [0.29, 0.717) is 0 Å². The van der Waals surface area contributed by atoms with E-state index in [1.165, 1.54) is 54.4 Å². The lowest BCUT2D eigenvalue weighted by Gasteiger charge is -2.32. The van der Waals surface area contributed by atoms with Crippen molar-refractivity contribution in [2.45, 2.75) is 0 Å². The quantitative estimate of drug-likeness (QED) is 0.117. The molecule has 208 valence electrons. The summed E-state index contributed by atoms with van der Waals surface area (Å²) in [7, 11) is 0. The Morgan fingerprint density at radius 3 is 1.89 bits per heavy atom. The van der Waals surface area contributed by atoms with Crippen LogP contribution in [0, 0.1) is 0 Å². The van der Waals surface area contributed by atoms with Crippen molar-refractivity contribution >= 4 is 55.4 Å². The molecule has 0 amide bonds. The van der Waals surface area contributed by atoms with Crippen molar-refractivity contribution in [1.29, 1.82) is 0 Å². The normalized spacial score (nSPS) is 12.8. The SMILES string of the molecule is c1ccc2c(c1)Oc1cccc3c1B2c1ccc(-c2ccc(-c4cccc5cc6c(ccc7ccccc76)cc45)cc2)cc1O3. The monoisotopic (exact) mass is 572 g/mol. The highest BCUT2D eigenvalue weighted by Crippen LogP contribution is 2.38. The highest BCUT2D eigenvalue weighted by molar-refractivity contribution is 6.98. The summed E-state index contributed by atoms with van der Waals surface area (Å²) >= 11 is 0. The van der Waals surface area contributed by atoms with E-state index in [1.54, 1.807) is 0 Å². The molecule has 0 fully saturated rings. The molecule has 0 aromatic heterocycles. The average Bonchev–Trinajstić information content (AvgIpc) is 3.10. The van der Waals surface area contributed by atoms with Crippen molar-refractivity contribution in [2.24, 2.45) is 0 Å². The second-order valence-corrected chi connectivity index (χ2v) is 12.1. The number of hydrogen-bond acceptors (Lipinski definition) is 2. The van der Waals surface area contributed by atoms with Crippen LogP contribution < -0.4 is 25.9 Å². The zero-order chi connectivity index (χ0) is 29.5. The maximum atomic E-state index is 6.52. The van der Waals surface area contributed by atoms with Crippen molar-refractivity contribution in [2.75, 3.05) is 0 Å². The largest absolute Gasteiger partial charge is 0.458 e. The molecular weight excluding hydrogens is 547 g/mol. The molecule has 3 heteroatoms. The topological polar surface area (TPSA) is 18.5 Å². The van der Waals surface area contributed by atoms with Crippen LogP contribution in [0.25, 0.3) is 54.6 Å². The Balaban J connectivity index is 1.04. The van der Waals surface area contributed by atoms with Gasteiger partial charge in [-0.05, 0) is 102 Å². The van der Waals surface area contributed by atoms with Gasteiger partial charge < -0.3 is 9.47 Å². The summed E-state index contributed by atoms with van der Waals surface area (Å²) < 4.78 is 12.8. The predicted octanol–water partition coefficient (Wildman–Crippen LogP) is 9.21. The molecule has 0 N–H and O–H groups in total. The highest BCUT2D eigenvalue weighted by atomic mass is 16.5. The minimum atomic E-state index is 0.0850. The lowest BCUT2D eigenvalue weighted by molar-refractivity contribution is 0.464. The van der Waals surface area contributed by atoms with Crippen LogP contribution in [-0.2, 0) is 0 Å². The van der Waals surface area contributed by atoms with Gasteiger partial charge in [-0.2, -0.15) is 0 Å². The van der Waals surface area contributed by atoms with E-state index < -0.39 is 0 Å². The van der Waals surface area contributed by atoms with Crippen LogP contribution in [0.3, 0.4) is 0 Å². The smallest absolute Gasteiger partial charge is 0.260 e. The van der Waals surface area contributed by atoms with Gasteiger partial charge in [0, 0.05) is 5.46 Å². The number of ether oxygens (including phenoxy) is 2. The van der Waals surface area contributed by atoms with Gasteiger partial charge in [0.15, 0.2) is 0 Å². The highest BCUT2D eigenvalue weighted by Gasteiger charge is 2.39. The Hall–Kier alpha value is -5.80. The molecule has 8 aromatic carbocycles. The summed E-state index contributed by atoms with van der Waals surface area (Å²) in [5.41, 5.74) is 8.20. The number of fused-ring (bicyclic) bond motifs is 8. The molecule has 0 aliphatic carbocycles. The summed E-state index contributed by atoms with van der Waals surface area (Å²) in [5, 5.41) is 7.65. The fourth-order valence-corrected chi connectivity index (χ4v) is 7.43. The predicted molar refractivity (Wildman–Crippen MR) is 188 cm³/mol. The Bertz CT molecular complexity index is 2500. The van der Waals surface area contributed by atoms with E-state index in [1.807, 2.05) is 24.3 Å². The zero-order valence-corrected chi connectivity index (χ0v) is 24.3. The number of hydrogen-bond donors (Lipinski definition) is 0. The summed E-state index contributed by atoms with van der Waals surface area (Å²) in [4.78, 5) is 0. The summed E-state index contributed by atoms with van der Waals surface area (Å²) in [6.45, 7) is 0.0850. The van der Waals surface area contributed by atoms with E-state index in [9.17, 15) is 0 Å². The van der Waals surface area contributed by atoms with E-state index in [2.05, 4.69) is 127 Å². The Kier molecular flexibility index (Phi) is 5.12. The molecule has 8 aromatic rings. The first-order valence-corrected chi connectivity index (χ1v) is 15.5. The molecule has 2 aliphatic rings. The fourth-order valence-electron chi connectivity index (χ4n) is 7.43. The van der Waals surface area contributed by atoms with Crippen LogP contribution in [0.1, 0.15) is 0 Å². The average molecular weight is 572 g/mol. The molecule has 0 unspecified atom stereocenters. The third-order valence-corrected chi connectivity index (χ3v) is 9.58. The Morgan fingerprint density at radius 1 is 0.356 bits per heavy atom. The molecule has 2 aliphatic heterocycles. The number of benzene rings is 8. The van der Waals surface area contributed by atoms with Gasteiger partial charge in [-0.25, -0.2) is 0 Å². The van der Waals surface area contributed by atoms with Gasteiger partial charge in [-0.1, -0.05) is 115 Å². The maximum Gasteiger partial charge on any atom is 0.260 e. The molecule has 45 heavy (non-hydrogen) atoms. The molecule has 2 heterocycles. The minimum Gasteiger partial charge on any atom is -0.458 e. The van der Waals surface area contributed by atoms with E-state index in [4.69, 9.17) is 9.47 Å². The standard InChI is InChI=1S/C42H25BO2/c1-2-9-32-27(7-1)19-20-31-24-34-30(23-35(31)32)8-5-10-33(34)28-17-15-26(16-18-28)29-21-22-37-41(25-29)45-40-14-6-13-39-42(40)43(37)36-11-3-4-12-38(36)44-39/h1-25H. The third kappa shape index (κ3) is 3.71. The van der Waals surface area contributed by atoms with Crippen LogP contribution in [0.15, 0.2) is 152 Å². The second-order valence-electron chi connectivity index (χ2n) is 12.1. The molecule has 0 spiro atoms. The van der Waals surface area contributed by atoms with Crippen LogP contribution in [0.2, 0.25) is 0 Å². The third-order valence-electron chi connectivity index (χ3n) is 9.58. The van der Waals surface area contributed by atoms with Gasteiger partial charge >= 0.3 is 0 Å². The molecule has 0 saturated carbocycles. The van der Waals surface area contributed by atoms with Gasteiger partial charge in [-0.3, -0.25) is 0 Å². The molecule has 10 rings (SSSR count). The first-order valence-electron chi connectivity index (χ1n) is 15.5. The molecular formula is C42H25BO2. The lowest BCUT2D eigenvalue weighted by atomic mass is 9.35. The number of para-hydroxylation sites is 1. The molecule has 0 saturated heterocycles. The van der Waals surface area contributed by atoms with E-state index >= 15 is 0 Å². The Labute approximate surface area is 261 Å². The van der Waals surface area contributed by atoms with Crippen molar-refractivity contribution in [3.8, 4) is 45.3 Å². The van der Waals surface area contributed by atoms with E-state index in [-0.39, 0.29) is 6.71 Å². The molecule has 0 radical (unpaired) electrons. The molecule has 0 bridgehead atoms. The van der Waals surface area contributed by atoms with Gasteiger partial charge in [0.25, 0.3) is 6.71 Å². The lowest BCUT2D eigenvalue weighted by Crippen LogP contribution is -2.57. The number of rotatable bonds is 2.